The van der Waals surface area contributed by atoms with Crippen molar-refractivity contribution < 1.29 is 22.6 Å². The third kappa shape index (κ3) is 4.11. The summed E-state index contributed by atoms with van der Waals surface area (Å²) in [4.78, 5) is 2.10. The Labute approximate surface area is 146 Å². The molecule has 1 aromatic carbocycles. The van der Waals surface area contributed by atoms with E-state index in [0.717, 1.165) is 31.4 Å². The lowest BCUT2D eigenvalue weighted by Gasteiger charge is -2.33. The fraction of sp³-hybridized carbons (Fsp3) is 0.579. The number of benzene rings is 1. The largest absolute Gasteiger partial charge is 0.573 e. The van der Waals surface area contributed by atoms with Crippen molar-refractivity contribution in [3.63, 3.8) is 0 Å². The Morgan fingerprint density at radius 1 is 1.20 bits per heavy atom. The maximum Gasteiger partial charge on any atom is 0.573 e. The zero-order chi connectivity index (χ0) is 18.2. The highest BCUT2D eigenvalue weighted by molar-refractivity contribution is 5.75. The van der Waals surface area contributed by atoms with Crippen LogP contribution < -0.4 is 9.47 Å². The molecule has 0 N–H and O–H groups in total. The van der Waals surface area contributed by atoms with Gasteiger partial charge in [0.1, 0.15) is 11.5 Å². The van der Waals surface area contributed by atoms with Gasteiger partial charge >= 0.3 is 6.36 Å². The van der Waals surface area contributed by atoms with Crippen LogP contribution in [0.3, 0.4) is 0 Å². The normalized spacial score (nSPS) is 25.9. The van der Waals surface area contributed by atoms with Crippen molar-refractivity contribution >= 4 is 5.57 Å². The average Bonchev–Trinajstić information content (AvgIpc) is 2.92. The van der Waals surface area contributed by atoms with E-state index in [1.54, 1.807) is 6.07 Å². The van der Waals surface area contributed by atoms with Gasteiger partial charge < -0.3 is 14.4 Å². The highest BCUT2D eigenvalue weighted by Crippen LogP contribution is 2.50. The van der Waals surface area contributed by atoms with Crippen molar-refractivity contribution in [3.05, 3.63) is 29.8 Å². The molecule has 2 aliphatic rings. The van der Waals surface area contributed by atoms with Crippen molar-refractivity contribution in [2.75, 3.05) is 27.7 Å². The van der Waals surface area contributed by atoms with Gasteiger partial charge in [-0.2, -0.15) is 0 Å². The Bertz CT molecular complexity index is 655. The molecule has 1 saturated carbocycles. The molecule has 25 heavy (non-hydrogen) atoms. The molecule has 3 atom stereocenters. The predicted octanol–water partition coefficient (Wildman–Crippen LogP) is 4.58. The van der Waals surface area contributed by atoms with Crippen molar-refractivity contribution in [2.24, 2.45) is 17.8 Å². The standard InChI is InChI=1S/C19H24F3NO2/c1-23(2)11-17-13-5-4-12(8-13)9-15(17)16-10-14(24-3)6-7-18(16)25-19(20,21)22/h6-7,9-10,12-13,17H,4-5,8,11H2,1-3H3. The van der Waals surface area contributed by atoms with Crippen molar-refractivity contribution in [1.29, 1.82) is 0 Å². The van der Waals surface area contributed by atoms with Crippen LogP contribution in [0.5, 0.6) is 11.5 Å². The molecule has 0 heterocycles. The van der Waals surface area contributed by atoms with Crippen molar-refractivity contribution in [1.82, 2.24) is 4.90 Å². The molecule has 0 saturated heterocycles. The van der Waals surface area contributed by atoms with E-state index in [-0.39, 0.29) is 11.7 Å². The van der Waals surface area contributed by atoms with Gasteiger partial charge in [0.25, 0.3) is 0 Å². The minimum absolute atomic E-state index is 0.149. The molecule has 1 fully saturated rings. The number of rotatable bonds is 5. The zero-order valence-electron chi connectivity index (χ0n) is 14.8. The monoisotopic (exact) mass is 355 g/mol. The summed E-state index contributed by atoms with van der Waals surface area (Å²) in [5.74, 6) is 1.55. The van der Waals surface area contributed by atoms with Crippen LogP contribution in [-0.2, 0) is 0 Å². The van der Waals surface area contributed by atoms with Crippen LogP contribution in [-0.4, -0.2) is 39.0 Å². The van der Waals surface area contributed by atoms with E-state index >= 15 is 0 Å². The number of alkyl halides is 3. The number of ether oxygens (including phenoxy) is 2. The van der Waals surface area contributed by atoms with Gasteiger partial charge in [-0.3, -0.25) is 0 Å². The molecule has 0 aromatic heterocycles. The summed E-state index contributed by atoms with van der Waals surface area (Å²) in [6.45, 7) is 0.811. The van der Waals surface area contributed by atoms with E-state index in [4.69, 9.17) is 4.74 Å². The van der Waals surface area contributed by atoms with Gasteiger partial charge in [-0.1, -0.05) is 6.08 Å². The minimum Gasteiger partial charge on any atom is -0.497 e. The Hall–Kier alpha value is -1.69. The second kappa shape index (κ2) is 6.90. The number of fused-ring (bicyclic) bond motifs is 2. The minimum atomic E-state index is -4.71. The summed E-state index contributed by atoms with van der Waals surface area (Å²) in [5, 5.41) is 0. The maximum atomic E-state index is 12.9. The summed E-state index contributed by atoms with van der Waals surface area (Å²) in [5.41, 5.74) is 1.46. The molecule has 3 unspecified atom stereocenters. The SMILES string of the molecule is COc1ccc(OC(F)(F)F)c(C2=CC3CCC(C3)C2CN(C)C)c1. The van der Waals surface area contributed by atoms with Gasteiger partial charge in [-0.05, 0) is 74.9 Å². The number of halogens is 3. The van der Waals surface area contributed by atoms with E-state index in [9.17, 15) is 13.2 Å². The molecular formula is C19H24F3NO2. The molecule has 2 bridgehead atoms. The Morgan fingerprint density at radius 3 is 2.60 bits per heavy atom. The molecule has 3 rings (SSSR count). The first-order valence-electron chi connectivity index (χ1n) is 8.57. The summed E-state index contributed by atoms with van der Waals surface area (Å²) >= 11 is 0. The van der Waals surface area contributed by atoms with E-state index < -0.39 is 6.36 Å². The van der Waals surface area contributed by atoms with E-state index in [1.165, 1.54) is 19.2 Å². The summed E-state index contributed by atoms with van der Waals surface area (Å²) in [7, 11) is 5.51. The molecule has 0 spiro atoms. The average molecular weight is 355 g/mol. The highest BCUT2D eigenvalue weighted by Gasteiger charge is 2.39. The lowest BCUT2D eigenvalue weighted by molar-refractivity contribution is -0.274. The molecule has 0 aliphatic heterocycles. The van der Waals surface area contributed by atoms with Crippen LogP contribution >= 0.6 is 0 Å². The van der Waals surface area contributed by atoms with Crippen molar-refractivity contribution in [3.8, 4) is 11.5 Å². The maximum absolute atomic E-state index is 12.9. The van der Waals surface area contributed by atoms with E-state index in [2.05, 4.69) is 15.7 Å². The lowest BCUT2D eigenvalue weighted by Crippen LogP contribution is -2.30. The first-order valence-corrected chi connectivity index (χ1v) is 8.57. The first-order chi connectivity index (χ1) is 11.8. The first kappa shape index (κ1) is 18.1. The van der Waals surface area contributed by atoms with Gasteiger partial charge in [0.2, 0.25) is 0 Å². The molecule has 0 radical (unpaired) electrons. The quantitative estimate of drug-likeness (QED) is 0.771. The van der Waals surface area contributed by atoms with Crippen molar-refractivity contribution in [2.45, 2.75) is 25.6 Å². The third-order valence-electron chi connectivity index (χ3n) is 5.18. The zero-order valence-corrected chi connectivity index (χ0v) is 14.8. The van der Waals surface area contributed by atoms with Gasteiger partial charge in [0, 0.05) is 12.1 Å². The van der Waals surface area contributed by atoms with E-state index in [0.29, 0.717) is 23.1 Å². The van der Waals surface area contributed by atoms with Crippen LogP contribution in [0.2, 0.25) is 0 Å². The molecule has 0 amide bonds. The third-order valence-corrected chi connectivity index (χ3v) is 5.18. The van der Waals surface area contributed by atoms with Crippen LogP contribution in [0.4, 0.5) is 13.2 Å². The molecular weight excluding hydrogens is 331 g/mol. The molecule has 6 heteroatoms. The smallest absolute Gasteiger partial charge is 0.497 e. The van der Waals surface area contributed by atoms with E-state index in [1.807, 2.05) is 14.1 Å². The number of nitrogens with zero attached hydrogens (tertiary/aromatic N) is 1. The van der Waals surface area contributed by atoms with Gasteiger partial charge in [-0.25, -0.2) is 0 Å². The van der Waals surface area contributed by atoms with Crippen LogP contribution in [0, 0.1) is 17.8 Å². The summed E-state index contributed by atoms with van der Waals surface area (Å²) < 4.78 is 48.2. The summed E-state index contributed by atoms with van der Waals surface area (Å²) in [6.07, 6.45) is 0.811. The topological polar surface area (TPSA) is 21.7 Å². The Morgan fingerprint density at radius 2 is 1.96 bits per heavy atom. The van der Waals surface area contributed by atoms with Crippen LogP contribution in [0.25, 0.3) is 5.57 Å². The summed E-state index contributed by atoms with van der Waals surface area (Å²) in [6, 6.07) is 4.52. The molecule has 2 aliphatic carbocycles. The number of hydrogen-bond acceptors (Lipinski definition) is 3. The Balaban J connectivity index is 2.05. The fourth-order valence-electron chi connectivity index (χ4n) is 4.21. The molecule has 3 nitrogen and oxygen atoms in total. The van der Waals surface area contributed by atoms with Gasteiger partial charge in [0.05, 0.1) is 7.11 Å². The second-order valence-electron chi connectivity index (χ2n) is 7.23. The molecule has 1 aromatic rings. The Kier molecular flexibility index (Phi) is 5.00. The number of methoxy groups -OCH3 is 1. The van der Waals surface area contributed by atoms with Gasteiger partial charge in [0.15, 0.2) is 0 Å². The fourth-order valence-corrected chi connectivity index (χ4v) is 4.21. The highest BCUT2D eigenvalue weighted by atomic mass is 19.4. The van der Waals surface area contributed by atoms with Crippen LogP contribution in [0.15, 0.2) is 24.3 Å². The van der Waals surface area contributed by atoms with Gasteiger partial charge in [-0.15, -0.1) is 13.2 Å². The van der Waals surface area contributed by atoms with Crippen LogP contribution in [0.1, 0.15) is 24.8 Å². The predicted molar refractivity (Wildman–Crippen MR) is 90.5 cm³/mol. The molecule has 138 valence electrons. The lowest BCUT2D eigenvalue weighted by atomic mass is 9.76. The number of allylic oxidation sites excluding steroid dienone is 1. The second-order valence-corrected chi connectivity index (χ2v) is 7.23. The number of hydrogen-bond donors (Lipinski definition) is 0.